The summed E-state index contributed by atoms with van der Waals surface area (Å²) in [6, 6.07) is 14.3. The van der Waals surface area contributed by atoms with Crippen LogP contribution in [0.5, 0.6) is 11.5 Å². The molecule has 0 radical (unpaired) electrons. The lowest BCUT2D eigenvalue weighted by Crippen LogP contribution is -2.28. The van der Waals surface area contributed by atoms with E-state index < -0.39 is 0 Å². The van der Waals surface area contributed by atoms with Crippen LogP contribution in [0.1, 0.15) is 22.9 Å². The van der Waals surface area contributed by atoms with E-state index >= 15 is 0 Å². The summed E-state index contributed by atoms with van der Waals surface area (Å²) in [4.78, 5) is 7.74. The largest absolute Gasteiger partial charge is 0.497 e. The van der Waals surface area contributed by atoms with Crippen molar-refractivity contribution in [1.82, 2.24) is 9.88 Å². The SMILES string of the molecule is COc1ccc(CN(C)C[C@H](N)c2ccc(-c3scnc3C)cc2)c(OC)c1. The van der Waals surface area contributed by atoms with Gasteiger partial charge in [-0.2, -0.15) is 0 Å². The van der Waals surface area contributed by atoms with Gasteiger partial charge >= 0.3 is 0 Å². The molecule has 6 heteroatoms. The molecular weight excluding hydrogens is 370 g/mol. The number of benzene rings is 2. The van der Waals surface area contributed by atoms with Crippen LogP contribution in [-0.4, -0.2) is 37.7 Å². The number of nitrogens with zero attached hydrogens (tertiary/aromatic N) is 2. The number of hydrogen-bond acceptors (Lipinski definition) is 6. The molecule has 0 saturated carbocycles. The van der Waals surface area contributed by atoms with Crippen LogP contribution in [0.25, 0.3) is 10.4 Å². The van der Waals surface area contributed by atoms with Crippen LogP contribution < -0.4 is 15.2 Å². The van der Waals surface area contributed by atoms with Crippen molar-refractivity contribution in [1.29, 1.82) is 0 Å². The van der Waals surface area contributed by atoms with Crippen LogP contribution in [0, 0.1) is 6.92 Å². The Morgan fingerprint density at radius 1 is 1.11 bits per heavy atom. The van der Waals surface area contributed by atoms with Gasteiger partial charge in [0, 0.05) is 30.8 Å². The second-order valence-electron chi connectivity index (χ2n) is 6.87. The van der Waals surface area contributed by atoms with E-state index in [2.05, 4.69) is 41.2 Å². The van der Waals surface area contributed by atoms with Crippen molar-refractivity contribution in [2.45, 2.75) is 19.5 Å². The number of ether oxygens (including phenoxy) is 2. The second kappa shape index (κ2) is 9.19. The van der Waals surface area contributed by atoms with Crippen LogP contribution in [0.2, 0.25) is 0 Å². The maximum absolute atomic E-state index is 6.46. The highest BCUT2D eigenvalue weighted by atomic mass is 32.1. The van der Waals surface area contributed by atoms with Gasteiger partial charge in [0.05, 0.1) is 30.3 Å². The van der Waals surface area contributed by atoms with E-state index in [1.165, 1.54) is 10.4 Å². The first-order valence-corrected chi connectivity index (χ1v) is 10.0. The van der Waals surface area contributed by atoms with E-state index in [9.17, 15) is 0 Å². The van der Waals surface area contributed by atoms with Gasteiger partial charge in [-0.1, -0.05) is 30.3 Å². The summed E-state index contributed by atoms with van der Waals surface area (Å²) in [6.45, 7) is 3.53. The molecule has 1 atom stereocenters. The fraction of sp³-hybridized carbons (Fsp3) is 0.318. The Hall–Kier alpha value is -2.41. The predicted octanol–water partition coefficient (Wildman–Crippen LogP) is 4.27. The van der Waals surface area contributed by atoms with E-state index in [0.717, 1.165) is 41.4 Å². The quantitative estimate of drug-likeness (QED) is 0.615. The molecule has 0 fully saturated rings. The maximum Gasteiger partial charge on any atom is 0.127 e. The number of nitrogens with two attached hydrogens (primary N) is 1. The average molecular weight is 398 g/mol. The molecule has 3 rings (SSSR count). The molecule has 1 aromatic heterocycles. The van der Waals surface area contributed by atoms with Crippen LogP contribution in [0.15, 0.2) is 48.0 Å². The molecule has 0 aliphatic carbocycles. The number of thiazole rings is 1. The molecule has 5 nitrogen and oxygen atoms in total. The molecule has 2 N–H and O–H groups in total. The van der Waals surface area contributed by atoms with E-state index in [1.54, 1.807) is 25.6 Å². The molecule has 0 unspecified atom stereocenters. The number of aryl methyl sites for hydroxylation is 1. The number of likely N-dealkylation sites (N-methyl/N-ethyl adjacent to an activating group) is 1. The zero-order chi connectivity index (χ0) is 20.1. The first-order valence-electron chi connectivity index (χ1n) is 9.17. The molecule has 0 saturated heterocycles. The third-order valence-electron chi connectivity index (χ3n) is 4.79. The lowest BCUT2D eigenvalue weighted by atomic mass is 10.0. The lowest BCUT2D eigenvalue weighted by molar-refractivity contribution is 0.297. The van der Waals surface area contributed by atoms with Gasteiger partial charge in [0.2, 0.25) is 0 Å². The summed E-state index contributed by atoms with van der Waals surface area (Å²) < 4.78 is 10.8. The van der Waals surface area contributed by atoms with E-state index in [1.807, 2.05) is 30.6 Å². The molecule has 0 spiro atoms. The van der Waals surface area contributed by atoms with E-state index in [-0.39, 0.29) is 6.04 Å². The lowest BCUT2D eigenvalue weighted by Gasteiger charge is -2.23. The summed E-state index contributed by atoms with van der Waals surface area (Å²) >= 11 is 1.66. The zero-order valence-electron chi connectivity index (χ0n) is 16.8. The van der Waals surface area contributed by atoms with Gasteiger partial charge in [0.15, 0.2) is 0 Å². The molecule has 0 bridgehead atoms. The van der Waals surface area contributed by atoms with Crippen molar-refractivity contribution in [2.24, 2.45) is 5.73 Å². The van der Waals surface area contributed by atoms with Crippen molar-refractivity contribution in [3.63, 3.8) is 0 Å². The van der Waals surface area contributed by atoms with Crippen molar-refractivity contribution < 1.29 is 9.47 Å². The molecule has 2 aromatic carbocycles. The first-order chi connectivity index (χ1) is 13.5. The average Bonchev–Trinajstić information content (AvgIpc) is 3.14. The number of hydrogen-bond donors (Lipinski definition) is 1. The summed E-state index contributed by atoms with van der Waals surface area (Å²) in [7, 11) is 5.40. The number of methoxy groups -OCH3 is 2. The Labute approximate surface area is 170 Å². The summed E-state index contributed by atoms with van der Waals surface area (Å²) in [5.74, 6) is 1.61. The molecule has 1 heterocycles. The Bertz CT molecular complexity index is 908. The maximum atomic E-state index is 6.46. The van der Waals surface area contributed by atoms with Crippen molar-refractivity contribution in [3.05, 3.63) is 64.8 Å². The minimum absolute atomic E-state index is 0.0640. The highest BCUT2D eigenvalue weighted by molar-refractivity contribution is 7.13. The second-order valence-corrected chi connectivity index (χ2v) is 7.72. The van der Waals surface area contributed by atoms with Crippen LogP contribution in [-0.2, 0) is 6.54 Å². The molecule has 0 aliphatic rings. The van der Waals surface area contributed by atoms with Gasteiger partial charge in [0.25, 0.3) is 0 Å². The minimum Gasteiger partial charge on any atom is -0.497 e. The van der Waals surface area contributed by atoms with Crippen LogP contribution in [0.4, 0.5) is 0 Å². The monoisotopic (exact) mass is 397 g/mol. The minimum atomic E-state index is -0.0640. The van der Waals surface area contributed by atoms with Crippen molar-refractivity contribution >= 4 is 11.3 Å². The van der Waals surface area contributed by atoms with Gasteiger partial charge < -0.3 is 20.1 Å². The Balaban J connectivity index is 1.64. The molecule has 3 aromatic rings. The third-order valence-corrected chi connectivity index (χ3v) is 5.77. The highest BCUT2D eigenvalue weighted by Gasteiger charge is 2.13. The molecule has 0 aliphatic heterocycles. The Kier molecular flexibility index (Phi) is 6.67. The summed E-state index contributed by atoms with van der Waals surface area (Å²) in [6.07, 6.45) is 0. The van der Waals surface area contributed by atoms with Crippen LogP contribution in [0.3, 0.4) is 0 Å². The van der Waals surface area contributed by atoms with Gasteiger partial charge in [-0.15, -0.1) is 11.3 Å². The van der Waals surface area contributed by atoms with Crippen molar-refractivity contribution in [3.8, 4) is 21.9 Å². The topological polar surface area (TPSA) is 60.6 Å². The standard InChI is InChI=1S/C22H27N3O2S/c1-15-22(28-14-24-15)17-7-5-16(6-8-17)20(23)13-25(2)12-18-9-10-19(26-3)11-21(18)27-4/h5-11,14,20H,12-13,23H2,1-4H3/t20-/m0/s1. The predicted molar refractivity (Wildman–Crippen MR) is 115 cm³/mol. The molecular formula is C22H27N3O2S. The van der Waals surface area contributed by atoms with E-state index in [4.69, 9.17) is 15.2 Å². The van der Waals surface area contributed by atoms with E-state index in [0.29, 0.717) is 0 Å². The molecule has 148 valence electrons. The molecule has 0 amide bonds. The normalized spacial score (nSPS) is 12.2. The van der Waals surface area contributed by atoms with Gasteiger partial charge in [-0.05, 0) is 31.2 Å². The van der Waals surface area contributed by atoms with Gasteiger partial charge in [0.1, 0.15) is 11.5 Å². The fourth-order valence-corrected chi connectivity index (χ4v) is 4.05. The number of rotatable bonds is 8. The molecule has 28 heavy (non-hydrogen) atoms. The third kappa shape index (κ3) is 4.70. The summed E-state index contributed by atoms with van der Waals surface area (Å²) in [5, 5.41) is 0. The first kappa shape index (κ1) is 20.3. The summed E-state index contributed by atoms with van der Waals surface area (Å²) in [5.41, 5.74) is 12.8. The number of aromatic nitrogens is 1. The highest BCUT2D eigenvalue weighted by Crippen LogP contribution is 2.29. The Morgan fingerprint density at radius 3 is 2.46 bits per heavy atom. The fourth-order valence-electron chi connectivity index (χ4n) is 3.24. The van der Waals surface area contributed by atoms with Crippen molar-refractivity contribution in [2.75, 3.05) is 27.8 Å². The van der Waals surface area contributed by atoms with Gasteiger partial charge in [-0.3, -0.25) is 0 Å². The Morgan fingerprint density at radius 2 is 1.86 bits per heavy atom. The van der Waals surface area contributed by atoms with Gasteiger partial charge in [-0.25, -0.2) is 4.98 Å². The smallest absolute Gasteiger partial charge is 0.127 e. The zero-order valence-corrected chi connectivity index (χ0v) is 17.6. The van der Waals surface area contributed by atoms with Crippen LogP contribution >= 0.6 is 11.3 Å².